The minimum atomic E-state index is -4.56. The van der Waals surface area contributed by atoms with Crippen LogP contribution in [0.1, 0.15) is 25.5 Å². The standard InChI is InChI=1S/C21H21F6N7O/c1-11(20(22,23)24)35-18-17-31-19(32-34(17)7-6-29-18)30-16-12-2-3-13(16)10-33(9-12)14-4-5-28-15(8-14)21(25,26)27/h4-8,11-13,16H,2-3,9-10H2,1H3,(H,30,32)/t11?,12-,13+,16?. The Morgan fingerprint density at radius 3 is 2.43 bits per heavy atom. The van der Waals surface area contributed by atoms with Crippen LogP contribution in [0.2, 0.25) is 0 Å². The molecule has 4 heterocycles. The summed E-state index contributed by atoms with van der Waals surface area (Å²) in [6.07, 6.45) is -5.49. The van der Waals surface area contributed by atoms with E-state index in [-0.39, 0.29) is 35.4 Å². The molecule has 1 aliphatic carbocycles. The zero-order chi connectivity index (χ0) is 25.0. The second-order valence-corrected chi connectivity index (χ2v) is 8.81. The van der Waals surface area contributed by atoms with Gasteiger partial charge >= 0.3 is 12.4 Å². The lowest BCUT2D eigenvalue weighted by Gasteiger charge is -2.39. The van der Waals surface area contributed by atoms with Crippen LogP contribution in [-0.4, -0.2) is 56.0 Å². The molecule has 2 unspecified atom stereocenters. The van der Waals surface area contributed by atoms with E-state index in [1.54, 1.807) is 6.07 Å². The van der Waals surface area contributed by atoms with Gasteiger partial charge in [0.25, 0.3) is 5.88 Å². The third kappa shape index (κ3) is 4.65. The zero-order valence-corrected chi connectivity index (χ0v) is 18.4. The van der Waals surface area contributed by atoms with Gasteiger partial charge in [-0.2, -0.15) is 31.3 Å². The van der Waals surface area contributed by atoms with Crippen LogP contribution in [0.3, 0.4) is 0 Å². The van der Waals surface area contributed by atoms with E-state index in [0.29, 0.717) is 18.8 Å². The van der Waals surface area contributed by atoms with Gasteiger partial charge in [0.2, 0.25) is 11.6 Å². The molecule has 1 saturated heterocycles. The summed E-state index contributed by atoms with van der Waals surface area (Å²) in [5.41, 5.74) is -0.407. The summed E-state index contributed by atoms with van der Waals surface area (Å²) >= 11 is 0. The number of piperidine rings is 1. The van der Waals surface area contributed by atoms with Crippen LogP contribution < -0.4 is 15.0 Å². The molecule has 0 amide bonds. The Morgan fingerprint density at radius 2 is 1.77 bits per heavy atom. The van der Waals surface area contributed by atoms with Gasteiger partial charge in [-0.1, -0.05) is 0 Å². The van der Waals surface area contributed by atoms with E-state index in [2.05, 4.69) is 25.4 Å². The molecule has 0 spiro atoms. The minimum absolute atomic E-state index is 0.0287. The average molecular weight is 501 g/mol. The van der Waals surface area contributed by atoms with Gasteiger partial charge in [-0.25, -0.2) is 9.50 Å². The van der Waals surface area contributed by atoms with Gasteiger partial charge in [0.15, 0.2) is 6.10 Å². The molecule has 2 bridgehead atoms. The van der Waals surface area contributed by atoms with Crippen molar-refractivity contribution in [3.63, 3.8) is 0 Å². The van der Waals surface area contributed by atoms with Crippen molar-refractivity contribution in [2.75, 3.05) is 23.3 Å². The largest absolute Gasteiger partial charge is 0.462 e. The Balaban J connectivity index is 1.32. The molecule has 14 heteroatoms. The van der Waals surface area contributed by atoms with Crippen molar-refractivity contribution < 1.29 is 31.1 Å². The number of nitrogens with one attached hydrogen (secondary N) is 1. The number of anilines is 2. The molecule has 2 fully saturated rings. The number of alkyl halides is 6. The summed E-state index contributed by atoms with van der Waals surface area (Å²) in [6, 6.07) is 2.61. The summed E-state index contributed by atoms with van der Waals surface area (Å²) in [4.78, 5) is 13.5. The lowest BCUT2D eigenvalue weighted by molar-refractivity contribution is -0.189. The quantitative estimate of drug-likeness (QED) is 0.525. The van der Waals surface area contributed by atoms with Crippen LogP contribution in [0.5, 0.6) is 5.88 Å². The van der Waals surface area contributed by atoms with E-state index in [1.165, 1.54) is 23.1 Å². The normalized spacial score (nSPS) is 23.5. The van der Waals surface area contributed by atoms with Gasteiger partial charge < -0.3 is 15.0 Å². The molecule has 3 aromatic rings. The summed E-state index contributed by atoms with van der Waals surface area (Å²) < 4.78 is 84.2. The van der Waals surface area contributed by atoms with Crippen molar-refractivity contribution in [1.29, 1.82) is 0 Å². The van der Waals surface area contributed by atoms with Gasteiger partial charge in [0, 0.05) is 43.4 Å². The molecule has 4 atom stereocenters. The summed E-state index contributed by atoms with van der Waals surface area (Å²) in [7, 11) is 0. The van der Waals surface area contributed by atoms with Gasteiger partial charge in [0.05, 0.1) is 0 Å². The number of hydrogen-bond donors (Lipinski definition) is 1. The first kappa shape index (κ1) is 23.4. The second kappa shape index (κ2) is 8.41. The van der Waals surface area contributed by atoms with E-state index in [0.717, 1.165) is 25.8 Å². The lowest BCUT2D eigenvalue weighted by atomic mass is 9.92. The fraction of sp³-hybridized carbons (Fsp3) is 0.524. The van der Waals surface area contributed by atoms with E-state index in [1.807, 2.05) is 4.90 Å². The Kier molecular flexibility index (Phi) is 5.63. The topological polar surface area (TPSA) is 80.5 Å². The first-order valence-electron chi connectivity index (χ1n) is 11.0. The molecule has 1 aliphatic heterocycles. The van der Waals surface area contributed by atoms with E-state index < -0.39 is 24.2 Å². The number of fused-ring (bicyclic) bond motifs is 3. The third-order valence-electron chi connectivity index (χ3n) is 6.50. The Bertz CT molecular complexity index is 1200. The molecule has 35 heavy (non-hydrogen) atoms. The van der Waals surface area contributed by atoms with Crippen molar-refractivity contribution in [3.8, 4) is 5.88 Å². The van der Waals surface area contributed by atoms with Crippen LogP contribution in [-0.2, 0) is 6.18 Å². The van der Waals surface area contributed by atoms with Crippen molar-refractivity contribution in [2.24, 2.45) is 11.8 Å². The lowest BCUT2D eigenvalue weighted by Crippen LogP contribution is -2.48. The molecular weight excluding hydrogens is 480 g/mol. The molecule has 1 N–H and O–H groups in total. The molecule has 188 valence electrons. The fourth-order valence-electron chi connectivity index (χ4n) is 4.76. The Labute approximate surface area is 195 Å². The monoisotopic (exact) mass is 501 g/mol. The molecule has 1 saturated carbocycles. The molecular formula is C21H21F6N7O. The van der Waals surface area contributed by atoms with Crippen LogP contribution in [0.15, 0.2) is 30.7 Å². The minimum Gasteiger partial charge on any atom is -0.462 e. The number of nitrogens with zero attached hydrogens (tertiary/aromatic N) is 6. The highest BCUT2D eigenvalue weighted by molar-refractivity contribution is 5.53. The summed E-state index contributed by atoms with van der Waals surface area (Å²) in [5.74, 6) is 0.193. The highest BCUT2D eigenvalue weighted by Gasteiger charge is 2.43. The maximum Gasteiger partial charge on any atom is 0.433 e. The maximum absolute atomic E-state index is 13.1. The molecule has 0 aromatic carbocycles. The Morgan fingerprint density at radius 1 is 1.06 bits per heavy atom. The molecule has 3 aromatic heterocycles. The smallest absolute Gasteiger partial charge is 0.433 e. The molecule has 2 aliphatic rings. The first-order valence-corrected chi connectivity index (χ1v) is 11.0. The fourth-order valence-corrected chi connectivity index (χ4v) is 4.76. The van der Waals surface area contributed by atoms with Crippen molar-refractivity contribution in [2.45, 2.75) is 44.3 Å². The number of aromatic nitrogens is 5. The van der Waals surface area contributed by atoms with Gasteiger partial charge in [0.1, 0.15) is 5.69 Å². The van der Waals surface area contributed by atoms with E-state index in [4.69, 9.17) is 4.74 Å². The Hall–Kier alpha value is -3.32. The SMILES string of the molecule is CC(Oc1nccn2nc(NC3[C@@H]4CC[C@H]3CN(c3ccnc(C(F)(F)F)c3)C4)nc12)C(F)(F)F. The van der Waals surface area contributed by atoms with Crippen molar-refractivity contribution in [1.82, 2.24) is 24.6 Å². The van der Waals surface area contributed by atoms with E-state index >= 15 is 0 Å². The zero-order valence-electron chi connectivity index (χ0n) is 18.4. The van der Waals surface area contributed by atoms with Crippen molar-refractivity contribution >= 4 is 17.3 Å². The van der Waals surface area contributed by atoms with Crippen molar-refractivity contribution in [3.05, 3.63) is 36.4 Å². The highest BCUT2D eigenvalue weighted by Crippen LogP contribution is 2.41. The highest BCUT2D eigenvalue weighted by atomic mass is 19.4. The molecule has 0 radical (unpaired) electrons. The van der Waals surface area contributed by atoms with Gasteiger partial charge in [-0.05, 0) is 43.7 Å². The number of halogens is 6. The summed E-state index contributed by atoms with van der Waals surface area (Å²) in [5, 5.41) is 7.58. The second-order valence-electron chi connectivity index (χ2n) is 8.81. The van der Waals surface area contributed by atoms with E-state index in [9.17, 15) is 26.3 Å². The van der Waals surface area contributed by atoms with Crippen LogP contribution in [0.4, 0.5) is 38.0 Å². The van der Waals surface area contributed by atoms with Gasteiger partial charge in [-0.3, -0.25) is 4.98 Å². The van der Waals surface area contributed by atoms with Crippen LogP contribution in [0, 0.1) is 11.8 Å². The maximum atomic E-state index is 13.1. The van der Waals surface area contributed by atoms with Crippen LogP contribution in [0.25, 0.3) is 5.65 Å². The number of pyridine rings is 1. The predicted molar refractivity (Wildman–Crippen MR) is 112 cm³/mol. The van der Waals surface area contributed by atoms with Gasteiger partial charge in [-0.15, -0.1) is 5.10 Å². The predicted octanol–water partition coefficient (Wildman–Crippen LogP) is 4.19. The third-order valence-corrected chi connectivity index (χ3v) is 6.50. The number of ether oxygens (including phenoxy) is 1. The average Bonchev–Trinajstić information content (AvgIpc) is 3.29. The number of hydrogen-bond acceptors (Lipinski definition) is 7. The van der Waals surface area contributed by atoms with Crippen LogP contribution >= 0.6 is 0 Å². The summed E-state index contributed by atoms with van der Waals surface area (Å²) in [6.45, 7) is 1.97. The first-order chi connectivity index (χ1) is 16.5. The molecule has 8 nitrogen and oxygen atoms in total. The number of rotatable bonds is 5. The molecule has 5 rings (SSSR count).